The number of carbonyl (C=O) groups is 2. The lowest BCUT2D eigenvalue weighted by atomic mass is 10.0. The van der Waals surface area contributed by atoms with E-state index in [-0.39, 0.29) is 5.97 Å². The molecule has 1 aromatic carbocycles. The molecule has 1 N–H and O–H groups in total. The van der Waals surface area contributed by atoms with Gasteiger partial charge in [-0.05, 0) is 18.6 Å². The maximum absolute atomic E-state index is 12.3. The molecule has 2 heterocycles. The largest absolute Gasteiger partial charge is 0.480 e. The Hall–Kier alpha value is -1.93. The normalized spacial score (nSPS) is 15.5. The van der Waals surface area contributed by atoms with Crippen LogP contribution in [0.25, 0.3) is 10.2 Å². The SMILES string of the molecule is CCCCCCCCCCCCCCCC(=O)Oc1ccc2nc(C3=N[C@@H](C(=O)O)CS3)sc2c1. The summed E-state index contributed by atoms with van der Waals surface area (Å²) in [7, 11) is 0. The summed E-state index contributed by atoms with van der Waals surface area (Å²) >= 11 is 2.86. The number of rotatable bonds is 17. The van der Waals surface area contributed by atoms with Crippen molar-refractivity contribution in [3.05, 3.63) is 23.2 Å². The minimum Gasteiger partial charge on any atom is -0.480 e. The highest BCUT2D eigenvalue weighted by Crippen LogP contribution is 2.31. The smallest absolute Gasteiger partial charge is 0.329 e. The number of carboxylic acid groups (broad SMARTS) is 1. The monoisotopic (exact) mass is 518 g/mol. The van der Waals surface area contributed by atoms with Gasteiger partial charge in [0, 0.05) is 18.2 Å². The summed E-state index contributed by atoms with van der Waals surface area (Å²) in [6.07, 6.45) is 17.1. The third-order valence-electron chi connectivity index (χ3n) is 6.20. The maximum atomic E-state index is 12.3. The summed E-state index contributed by atoms with van der Waals surface area (Å²) in [5.41, 5.74) is 0.795. The number of fused-ring (bicyclic) bond motifs is 1. The average molecular weight is 519 g/mol. The van der Waals surface area contributed by atoms with Crippen LogP contribution in [0.15, 0.2) is 23.2 Å². The van der Waals surface area contributed by atoms with Gasteiger partial charge in [-0.2, -0.15) is 0 Å². The summed E-state index contributed by atoms with van der Waals surface area (Å²) in [5.74, 6) is -0.150. The van der Waals surface area contributed by atoms with Crippen LogP contribution in [0.4, 0.5) is 0 Å². The van der Waals surface area contributed by atoms with Crippen molar-refractivity contribution in [2.45, 2.75) is 103 Å². The summed E-state index contributed by atoms with van der Waals surface area (Å²) < 4.78 is 6.44. The molecule has 1 aliphatic heterocycles. The zero-order chi connectivity index (χ0) is 24.9. The molecule has 3 rings (SSSR count). The Morgan fingerprint density at radius 3 is 2.20 bits per heavy atom. The number of hydrogen-bond donors (Lipinski definition) is 1. The van der Waals surface area contributed by atoms with Crippen molar-refractivity contribution in [3.63, 3.8) is 0 Å². The molecule has 0 spiro atoms. The molecule has 1 atom stereocenters. The molecule has 0 fully saturated rings. The van der Waals surface area contributed by atoms with Crippen LogP contribution in [-0.2, 0) is 9.59 Å². The lowest BCUT2D eigenvalue weighted by Crippen LogP contribution is -2.17. The lowest BCUT2D eigenvalue weighted by Gasteiger charge is -2.05. The lowest BCUT2D eigenvalue weighted by molar-refractivity contribution is -0.138. The molecule has 0 amide bonds. The number of carbonyl (C=O) groups excluding carboxylic acids is 1. The molecular formula is C27H38N2O4S2. The highest BCUT2D eigenvalue weighted by molar-refractivity contribution is 8.15. The van der Waals surface area contributed by atoms with Crippen LogP contribution in [0.5, 0.6) is 5.75 Å². The van der Waals surface area contributed by atoms with Gasteiger partial charge in [-0.25, -0.2) is 9.78 Å². The molecule has 0 bridgehead atoms. The molecule has 8 heteroatoms. The van der Waals surface area contributed by atoms with Crippen LogP contribution in [0, 0.1) is 0 Å². The summed E-state index contributed by atoms with van der Waals surface area (Å²) in [4.78, 5) is 32.2. The number of hydrogen-bond acceptors (Lipinski definition) is 7. The molecule has 0 aliphatic carbocycles. The van der Waals surface area contributed by atoms with E-state index < -0.39 is 12.0 Å². The minimum atomic E-state index is -0.911. The van der Waals surface area contributed by atoms with Crippen molar-refractivity contribution in [2.24, 2.45) is 4.99 Å². The number of aromatic nitrogens is 1. The van der Waals surface area contributed by atoms with Gasteiger partial charge in [0.25, 0.3) is 0 Å². The van der Waals surface area contributed by atoms with Crippen molar-refractivity contribution in [3.8, 4) is 5.75 Å². The summed E-state index contributed by atoms with van der Waals surface area (Å²) in [5, 5.41) is 10.5. The fraction of sp³-hybridized carbons (Fsp3) is 0.630. The fourth-order valence-corrected chi connectivity index (χ4v) is 6.24. The van der Waals surface area contributed by atoms with E-state index in [1.54, 1.807) is 6.07 Å². The average Bonchev–Trinajstić information content (AvgIpc) is 3.49. The predicted octanol–water partition coefficient (Wildman–Crippen LogP) is 7.63. The van der Waals surface area contributed by atoms with Crippen LogP contribution in [0.1, 0.15) is 102 Å². The van der Waals surface area contributed by atoms with Gasteiger partial charge in [0.1, 0.15) is 15.8 Å². The zero-order valence-corrected chi connectivity index (χ0v) is 22.4. The summed E-state index contributed by atoms with van der Waals surface area (Å²) in [6.45, 7) is 2.26. The summed E-state index contributed by atoms with van der Waals surface area (Å²) in [6, 6.07) is 4.71. The number of unbranched alkanes of at least 4 members (excludes halogenated alkanes) is 12. The van der Waals surface area contributed by atoms with Crippen LogP contribution >= 0.6 is 23.1 Å². The number of ether oxygens (including phenoxy) is 1. The highest BCUT2D eigenvalue weighted by Gasteiger charge is 2.26. The van der Waals surface area contributed by atoms with Crippen molar-refractivity contribution in [1.29, 1.82) is 0 Å². The first-order valence-corrected chi connectivity index (χ1v) is 14.9. The molecule has 6 nitrogen and oxygen atoms in total. The number of thioether (sulfide) groups is 1. The predicted molar refractivity (Wildman–Crippen MR) is 146 cm³/mol. The van der Waals surface area contributed by atoms with Gasteiger partial charge in [0.15, 0.2) is 6.04 Å². The molecule has 35 heavy (non-hydrogen) atoms. The van der Waals surface area contributed by atoms with Crippen molar-refractivity contribution in [1.82, 2.24) is 4.98 Å². The number of thiazole rings is 1. The molecule has 0 saturated carbocycles. The van der Waals surface area contributed by atoms with E-state index in [4.69, 9.17) is 9.84 Å². The van der Waals surface area contributed by atoms with Gasteiger partial charge in [-0.3, -0.25) is 9.79 Å². The number of aliphatic carboxylic acids is 1. The quantitative estimate of drug-likeness (QED) is 0.132. The second-order valence-electron chi connectivity index (χ2n) is 9.21. The van der Waals surface area contributed by atoms with E-state index in [1.165, 1.54) is 93.7 Å². The second kappa shape index (κ2) is 15.2. The number of carboxylic acids is 1. The van der Waals surface area contributed by atoms with Gasteiger partial charge in [0.05, 0.1) is 10.2 Å². The van der Waals surface area contributed by atoms with Crippen LogP contribution in [0.2, 0.25) is 0 Å². The van der Waals surface area contributed by atoms with E-state index in [0.717, 1.165) is 23.1 Å². The molecular weight excluding hydrogens is 480 g/mol. The maximum Gasteiger partial charge on any atom is 0.329 e. The Balaban J connectivity index is 1.29. The standard InChI is InChI=1S/C27H38N2O4S2/c1-2-3-4-5-6-7-8-9-10-11-12-13-14-15-24(30)33-20-16-17-21-23(18-20)35-26(28-21)25-29-22(19-34-25)27(31)32/h16-18,22H,2-15,19H2,1H3,(H,31,32)/t22-/m1/s1. The first-order valence-electron chi connectivity index (χ1n) is 13.1. The fourth-order valence-electron chi connectivity index (χ4n) is 4.15. The third kappa shape index (κ3) is 9.56. The minimum absolute atomic E-state index is 0.197. The Morgan fingerprint density at radius 2 is 1.60 bits per heavy atom. The van der Waals surface area contributed by atoms with Gasteiger partial charge >= 0.3 is 11.9 Å². The molecule has 192 valence electrons. The van der Waals surface area contributed by atoms with E-state index >= 15 is 0 Å². The Morgan fingerprint density at radius 1 is 0.971 bits per heavy atom. The molecule has 1 aromatic heterocycles. The molecule has 0 unspecified atom stereocenters. The molecule has 1 aliphatic rings. The highest BCUT2D eigenvalue weighted by atomic mass is 32.2. The topological polar surface area (TPSA) is 88.9 Å². The second-order valence-corrected chi connectivity index (χ2v) is 11.3. The van der Waals surface area contributed by atoms with Crippen molar-refractivity contribution >= 4 is 50.3 Å². The number of esters is 1. The van der Waals surface area contributed by atoms with Gasteiger partial charge in [0.2, 0.25) is 0 Å². The van der Waals surface area contributed by atoms with Crippen LogP contribution in [0.3, 0.4) is 0 Å². The molecule has 0 radical (unpaired) electrons. The third-order valence-corrected chi connectivity index (χ3v) is 8.40. The first kappa shape index (κ1) is 27.7. The first-order chi connectivity index (χ1) is 17.1. The van der Waals surface area contributed by atoms with Crippen molar-refractivity contribution in [2.75, 3.05) is 5.75 Å². The number of aliphatic imine (C=N–C) groups is 1. The Kier molecular flexibility index (Phi) is 12.0. The Bertz CT molecular complexity index is 989. The zero-order valence-electron chi connectivity index (χ0n) is 20.8. The van der Waals surface area contributed by atoms with Crippen molar-refractivity contribution < 1.29 is 19.4 Å². The van der Waals surface area contributed by atoms with Crippen LogP contribution < -0.4 is 4.74 Å². The van der Waals surface area contributed by atoms with E-state index in [0.29, 0.717) is 28.0 Å². The van der Waals surface area contributed by atoms with Crippen LogP contribution in [-0.4, -0.2) is 38.9 Å². The number of benzene rings is 1. The number of nitrogens with zero attached hydrogens (tertiary/aromatic N) is 2. The molecule has 0 saturated heterocycles. The Labute approximate surface area is 217 Å². The van der Waals surface area contributed by atoms with E-state index in [9.17, 15) is 9.59 Å². The molecule has 2 aromatic rings. The van der Waals surface area contributed by atoms with Gasteiger partial charge in [-0.1, -0.05) is 84.0 Å². The van der Waals surface area contributed by atoms with Gasteiger partial charge in [-0.15, -0.1) is 23.1 Å². The van der Waals surface area contributed by atoms with E-state index in [1.807, 2.05) is 12.1 Å². The van der Waals surface area contributed by atoms with Gasteiger partial charge < -0.3 is 9.84 Å². The van der Waals surface area contributed by atoms with E-state index in [2.05, 4.69) is 16.9 Å².